The first-order valence-electron chi connectivity index (χ1n) is 9.76. The first-order chi connectivity index (χ1) is 12.5. The van der Waals surface area contributed by atoms with E-state index in [0.29, 0.717) is 12.8 Å². The van der Waals surface area contributed by atoms with Gasteiger partial charge in [-0.2, -0.15) is 0 Å². The van der Waals surface area contributed by atoms with Crippen molar-refractivity contribution < 1.29 is 24.6 Å². The third-order valence-electron chi connectivity index (χ3n) is 5.35. The van der Waals surface area contributed by atoms with E-state index < -0.39 is 24.1 Å². The maximum Gasteiger partial charge on any atom is 0.339 e. The van der Waals surface area contributed by atoms with Crippen LogP contribution in [-0.2, 0) is 9.59 Å². The SMILES string of the molecule is O=C(O)CCCCCC[C@H]1C(=O)NC(=O)N1NC[C@@H](O)C1CCCCC1. The fourth-order valence-electron chi connectivity index (χ4n) is 3.79. The predicted octanol–water partition coefficient (Wildman–Crippen LogP) is 1.78. The van der Waals surface area contributed by atoms with Crippen molar-refractivity contribution in [3.05, 3.63) is 0 Å². The summed E-state index contributed by atoms with van der Waals surface area (Å²) in [6, 6.07) is -1.04. The number of carboxylic acids is 1. The standard InChI is InChI=1S/C18H31N3O5/c22-15(13-8-4-3-5-9-13)12-19-21-14(17(25)20-18(21)26)10-6-1-2-7-11-16(23)24/h13-15,19,22H,1-12H2,(H,23,24)(H,20,25,26)/t14-,15+/m0/s1. The average Bonchev–Trinajstić information content (AvgIpc) is 2.89. The molecule has 1 saturated carbocycles. The van der Waals surface area contributed by atoms with Crippen LogP contribution in [0.4, 0.5) is 4.79 Å². The van der Waals surface area contributed by atoms with E-state index in [0.717, 1.165) is 44.9 Å². The van der Waals surface area contributed by atoms with Crippen LogP contribution in [0.5, 0.6) is 0 Å². The second-order valence-electron chi connectivity index (χ2n) is 7.35. The zero-order valence-corrected chi connectivity index (χ0v) is 15.3. The number of carbonyl (C=O) groups is 3. The number of aliphatic hydroxyl groups excluding tert-OH is 1. The molecule has 3 amide bonds. The Hall–Kier alpha value is -1.67. The molecule has 2 rings (SSSR count). The summed E-state index contributed by atoms with van der Waals surface area (Å²) < 4.78 is 0. The molecule has 0 radical (unpaired) electrons. The number of hydrogen-bond acceptors (Lipinski definition) is 5. The first kappa shape index (κ1) is 20.6. The van der Waals surface area contributed by atoms with Crippen molar-refractivity contribution in [1.82, 2.24) is 15.8 Å². The molecule has 0 aromatic heterocycles. The molecule has 0 bridgehead atoms. The van der Waals surface area contributed by atoms with Gasteiger partial charge < -0.3 is 10.2 Å². The monoisotopic (exact) mass is 369 g/mol. The van der Waals surface area contributed by atoms with Crippen LogP contribution in [-0.4, -0.2) is 51.8 Å². The molecule has 8 nitrogen and oxygen atoms in total. The highest BCUT2D eigenvalue weighted by Crippen LogP contribution is 2.26. The van der Waals surface area contributed by atoms with Crippen molar-refractivity contribution in [3.8, 4) is 0 Å². The largest absolute Gasteiger partial charge is 0.481 e. The van der Waals surface area contributed by atoms with Crippen LogP contribution in [0.2, 0.25) is 0 Å². The Morgan fingerprint density at radius 3 is 2.54 bits per heavy atom. The zero-order chi connectivity index (χ0) is 18.9. The summed E-state index contributed by atoms with van der Waals surface area (Å²) in [6.45, 7) is 0.264. The number of nitrogens with zero attached hydrogens (tertiary/aromatic N) is 1. The van der Waals surface area contributed by atoms with Gasteiger partial charge in [-0.25, -0.2) is 15.2 Å². The minimum atomic E-state index is -0.794. The topological polar surface area (TPSA) is 119 Å². The molecular formula is C18H31N3O5. The second kappa shape index (κ2) is 10.5. The summed E-state index contributed by atoms with van der Waals surface area (Å²) in [5.74, 6) is -0.858. The molecule has 1 aliphatic carbocycles. The van der Waals surface area contributed by atoms with Crippen molar-refractivity contribution in [2.75, 3.05) is 6.54 Å². The normalized spacial score (nSPS) is 22.5. The Morgan fingerprint density at radius 1 is 1.15 bits per heavy atom. The van der Waals surface area contributed by atoms with Crippen LogP contribution in [0.1, 0.15) is 70.6 Å². The highest BCUT2D eigenvalue weighted by molar-refractivity contribution is 6.03. The van der Waals surface area contributed by atoms with E-state index >= 15 is 0 Å². The number of aliphatic carboxylic acids is 1. The Bertz CT molecular complexity index is 493. The number of rotatable bonds is 11. The smallest absolute Gasteiger partial charge is 0.339 e. The lowest BCUT2D eigenvalue weighted by Gasteiger charge is -2.29. The van der Waals surface area contributed by atoms with Gasteiger partial charge in [0.2, 0.25) is 0 Å². The van der Waals surface area contributed by atoms with Gasteiger partial charge in [0.15, 0.2) is 0 Å². The minimum absolute atomic E-state index is 0.162. The lowest BCUT2D eigenvalue weighted by molar-refractivity contribution is -0.137. The van der Waals surface area contributed by atoms with Crippen LogP contribution in [0.25, 0.3) is 0 Å². The van der Waals surface area contributed by atoms with Gasteiger partial charge in [-0.3, -0.25) is 14.9 Å². The summed E-state index contributed by atoms with van der Waals surface area (Å²) in [7, 11) is 0. The molecule has 4 N–H and O–H groups in total. The maximum atomic E-state index is 12.0. The molecule has 1 saturated heterocycles. The Morgan fingerprint density at radius 2 is 1.85 bits per heavy atom. The van der Waals surface area contributed by atoms with Crippen LogP contribution in [0, 0.1) is 5.92 Å². The molecule has 1 heterocycles. The van der Waals surface area contributed by atoms with Gasteiger partial charge in [-0.05, 0) is 31.6 Å². The van der Waals surface area contributed by atoms with E-state index in [1.54, 1.807) is 0 Å². The van der Waals surface area contributed by atoms with Gasteiger partial charge in [-0.1, -0.05) is 38.5 Å². The number of urea groups is 1. The van der Waals surface area contributed by atoms with E-state index in [1.165, 1.54) is 11.4 Å². The van der Waals surface area contributed by atoms with Crippen molar-refractivity contribution in [2.45, 2.75) is 82.8 Å². The summed E-state index contributed by atoms with van der Waals surface area (Å²) in [5, 5.41) is 22.6. The molecule has 1 aliphatic heterocycles. The summed E-state index contributed by atoms with van der Waals surface area (Å²) in [4.78, 5) is 34.5. The third-order valence-corrected chi connectivity index (χ3v) is 5.35. The summed E-state index contributed by atoms with van der Waals surface area (Å²) in [5.41, 5.74) is 2.95. The highest BCUT2D eigenvalue weighted by Gasteiger charge is 2.38. The van der Waals surface area contributed by atoms with E-state index in [1.807, 2.05) is 0 Å². The van der Waals surface area contributed by atoms with E-state index in [9.17, 15) is 19.5 Å². The lowest BCUT2D eigenvalue weighted by Crippen LogP contribution is -2.49. The number of hydrogen-bond donors (Lipinski definition) is 4. The highest BCUT2D eigenvalue weighted by atomic mass is 16.4. The van der Waals surface area contributed by atoms with Gasteiger partial charge in [0.25, 0.3) is 5.91 Å². The van der Waals surface area contributed by atoms with Gasteiger partial charge in [0.05, 0.1) is 6.10 Å². The number of nitrogens with one attached hydrogen (secondary N) is 2. The van der Waals surface area contributed by atoms with E-state index in [-0.39, 0.29) is 24.8 Å². The molecule has 0 unspecified atom stereocenters. The van der Waals surface area contributed by atoms with Gasteiger partial charge in [0.1, 0.15) is 6.04 Å². The predicted molar refractivity (Wildman–Crippen MR) is 95.1 cm³/mol. The number of unbranched alkanes of at least 4 members (excludes halogenated alkanes) is 3. The number of amides is 3. The quantitative estimate of drug-likeness (QED) is 0.326. The number of aliphatic hydroxyl groups is 1. The first-order valence-corrected chi connectivity index (χ1v) is 9.76. The maximum absolute atomic E-state index is 12.0. The lowest BCUT2D eigenvalue weighted by atomic mass is 9.85. The molecule has 0 aromatic carbocycles. The van der Waals surface area contributed by atoms with Gasteiger partial charge >= 0.3 is 12.0 Å². The van der Waals surface area contributed by atoms with Crippen LogP contribution in [0.3, 0.4) is 0 Å². The van der Waals surface area contributed by atoms with E-state index in [2.05, 4.69) is 10.7 Å². The number of hydrazine groups is 1. The zero-order valence-electron chi connectivity index (χ0n) is 15.3. The van der Waals surface area contributed by atoms with Crippen molar-refractivity contribution in [1.29, 1.82) is 0 Å². The van der Waals surface area contributed by atoms with Crippen LogP contribution >= 0.6 is 0 Å². The Balaban J connectivity index is 1.73. The van der Waals surface area contributed by atoms with Crippen LogP contribution < -0.4 is 10.7 Å². The van der Waals surface area contributed by atoms with E-state index in [4.69, 9.17) is 5.11 Å². The minimum Gasteiger partial charge on any atom is -0.481 e. The fraction of sp³-hybridized carbons (Fsp3) is 0.833. The van der Waals surface area contributed by atoms with Gasteiger partial charge in [0, 0.05) is 13.0 Å². The molecule has 8 heteroatoms. The third kappa shape index (κ3) is 6.25. The van der Waals surface area contributed by atoms with Crippen molar-refractivity contribution in [2.24, 2.45) is 5.92 Å². The molecule has 0 aromatic rings. The fourth-order valence-corrected chi connectivity index (χ4v) is 3.79. The van der Waals surface area contributed by atoms with Crippen LogP contribution in [0.15, 0.2) is 0 Å². The molecule has 0 spiro atoms. The summed E-state index contributed by atoms with van der Waals surface area (Å²) >= 11 is 0. The molecule has 26 heavy (non-hydrogen) atoms. The van der Waals surface area contributed by atoms with Crippen molar-refractivity contribution >= 4 is 17.9 Å². The second-order valence-corrected chi connectivity index (χ2v) is 7.35. The molecule has 148 valence electrons. The van der Waals surface area contributed by atoms with Crippen molar-refractivity contribution in [3.63, 3.8) is 0 Å². The summed E-state index contributed by atoms with van der Waals surface area (Å²) in [6.07, 6.45) is 8.66. The molecule has 2 fully saturated rings. The molecular weight excluding hydrogens is 338 g/mol. The average molecular weight is 369 g/mol. The Labute approximate surface area is 154 Å². The number of imide groups is 1. The molecule has 2 atom stereocenters. The Kier molecular flexibility index (Phi) is 8.31. The molecule has 2 aliphatic rings. The number of carboxylic acid groups (broad SMARTS) is 1. The number of carbonyl (C=O) groups excluding carboxylic acids is 2. The van der Waals surface area contributed by atoms with Gasteiger partial charge in [-0.15, -0.1) is 0 Å².